The van der Waals surface area contributed by atoms with Gasteiger partial charge >= 0.3 is 12.1 Å². The maximum atomic E-state index is 13.7. The maximum absolute atomic E-state index is 13.7. The number of ether oxygens (including phenoxy) is 2. The molecular weight excluding hydrogens is 457 g/mol. The summed E-state index contributed by atoms with van der Waals surface area (Å²) in [7, 11) is 1.33. The van der Waals surface area contributed by atoms with Crippen molar-refractivity contribution >= 4 is 28.5 Å². The molecular formula is C24H24ClF3N2O3. The lowest BCUT2D eigenvalue weighted by Gasteiger charge is -2.17. The summed E-state index contributed by atoms with van der Waals surface area (Å²) in [5, 5.41) is 1.18. The summed E-state index contributed by atoms with van der Waals surface area (Å²) in [4.78, 5) is 18.7. The maximum Gasteiger partial charge on any atom is 0.418 e. The highest BCUT2D eigenvalue weighted by molar-refractivity contribution is 6.36. The Morgan fingerprint density at radius 1 is 1.24 bits per heavy atom. The lowest BCUT2D eigenvalue weighted by molar-refractivity contribution is -0.140. The highest BCUT2D eigenvalue weighted by atomic mass is 35.5. The minimum Gasteiger partial charge on any atom is -0.489 e. The molecule has 0 spiro atoms. The quantitative estimate of drug-likeness (QED) is 0.388. The summed E-state index contributed by atoms with van der Waals surface area (Å²) in [5.41, 5.74) is 1.30. The largest absolute Gasteiger partial charge is 0.489 e. The van der Waals surface area contributed by atoms with Gasteiger partial charge in [0.05, 0.1) is 29.8 Å². The summed E-state index contributed by atoms with van der Waals surface area (Å²) in [6, 6.07) is 6.36. The first-order valence-electron chi connectivity index (χ1n) is 10.8. The van der Waals surface area contributed by atoms with Crippen LogP contribution in [0.1, 0.15) is 60.5 Å². The van der Waals surface area contributed by atoms with Gasteiger partial charge < -0.3 is 14.5 Å². The number of nitrogens with one attached hydrogen (secondary N) is 1. The molecule has 176 valence electrons. The van der Waals surface area contributed by atoms with Crippen molar-refractivity contribution in [2.24, 2.45) is 0 Å². The average molecular weight is 481 g/mol. The van der Waals surface area contributed by atoms with Gasteiger partial charge in [0.15, 0.2) is 0 Å². The molecule has 0 amide bonds. The van der Waals surface area contributed by atoms with E-state index in [1.807, 2.05) is 0 Å². The SMILES string of the molecule is COC(=O)CCc1[nH]c2ccc(OCc3cnc(C4CCCC4)c(C(F)(F)F)c3)cc2c1Cl. The van der Waals surface area contributed by atoms with Gasteiger partial charge in [-0.3, -0.25) is 9.78 Å². The second-order valence-corrected chi connectivity index (χ2v) is 8.62. The van der Waals surface area contributed by atoms with Crippen molar-refractivity contribution in [1.29, 1.82) is 0 Å². The second-order valence-electron chi connectivity index (χ2n) is 8.25. The zero-order chi connectivity index (χ0) is 23.6. The van der Waals surface area contributed by atoms with Crippen LogP contribution in [0.5, 0.6) is 5.75 Å². The van der Waals surface area contributed by atoms with Crippen LogP contribution in [0, 0.1) is 0 Å². The van der Waals surface area contributed by atoms with Crippen LogP contribution < -0.4 is 4.74 Å². The number of hydrogen-bond acceptors (Lipinski definition) is 4. The van der Waals surface area contributed by atoms with E-state index < -0.39 is 11.7 Å². The average Bonchev–Trinajstić information content (AvgIpc) is 3.44. The number of aryl methyl sites for hydroxylation is 1. The molecule has 0 radical (unpaired) electrons. The summed E-state index contributed by atoms with van der Waals surface area (Å²) in [6.07, 6.45) is 0.949. The normalized spacial score (nSPS) is 14.7. The fourth-order valence-electron chi connectivity index (χ4n) is 4.30. The molecule has 1 aliphatic rings. The van der Waals surface area contributed by atoms with Crippen molar-refractivity contribution in [3.8, 4) is 5.75 Å². The van der Waals surface area contributed by atoms with E-state index in [0.29, 0.717) is 33.8 Å². The minimum absolute atomic E-state index is 0.0518. The molecule has 1 N–H and O–H groups in total. The van der Waals surface area contributed by atoms with Crippen molar-refractivity contribution < 1.29 is 27.4 Å². The molecule has 5 nitrogen and oxygen atoms in total. The minimum atomic E-state index is -4.46. The van der Waals surface area contributed by atoms with Crippen LogP contribution in [0.4, 0.5) is 13.2 Å². The molecule has 1 aromatic carbocycles. The predicted molar refractivity (Wildman–Crippen MR) is 118 cm³/mol. The lowest BCUT2D eigenvalue weighted by Crippen LogP contribution is -2.14. The van der Waals surface area contributed by atoms with Gasteiger partial charge in [-0.1, -0.05) is 24.4 Å². The van der Waals surface area contributed by atoms with E-state index in [0.717, 1.165) is 37.3 Å². The van der Waals surface area contributed by atoms with E-state index in [4.69, 9.17) is 16.3 Å². The smallest absolute Gasteiger partial charge is 0.418 e. The first kappa shape index (κ1) is 23.4. The first-order valence-corrected chi connectivity index (χ1v) is 11.2. The van der Waals surface area contributed by atoms with Crippen LogP contribution in [-0.4, -0.2) is 23.0 Å². The van der Waals surface area contributed by atoms with Gasteiger partial charge in [-0.2, -0.15) is 13.2 Å². The highest BCUT2D eigenvalue weighted by Gasteiger charge is 2.37. The molecule has 33 heavy (non-hydrogen) atoms. The van der Waals surface area contributed by atoms with E-state index in [9.17, 15) is 18.0 Å². The number of esters is 1. The van der Waals surface area contributed by atoms with Crippen LogP contribution in [0.25, 0.3) is 10.9 Å². The number of alkyl halides is 3. The molecule has 0 aliphatic heterocycles. The van der Waals surface area contributed by atoms with E-state index in [-0.39, 0.29) is 30.6 Å². The molecule has 1 aliphatic carbocycles. The lowest BCUT2D eigenvalue weighted by atomic mass is 9.97. The van der Waals surface area contributed by atoms with Crippen LogP contribution in [0.3, 0.4) is 0 Å². The van der Waals surface area contributed by atoms with E-state index in [1.54, 1.807) is 18.2 Å². The van der Waals surface area contributed by atoms with Crippen LogP contribution in [0.15, 0.2) is 30.5 Å². The number of aromatic amines is 1. The first-order chi connectivity index (χ1) is 15.8. The molecule has 9 heteroatoms. The van der Waals surface area contributed by atoms with Gasteiger partial charge in [0.1, 0.15) is 12.4 Å². The van der Waals surface area contributed by atoms with Crippen LogP contribution in [-0.2, 0) is 28.7 Å². The zero-order valence-corrected chi connectivity index (χ0v) is 18.9. The summed E-state index contributed by atoms with van der Waals surface area (Å²) in [5.74, 6) is -0.000937. The van der Waals surface area contributed by atoms with Gasteiger partial charge in [-0.05, 0) is 43.5 Å². The Bertz CT molecular complexity index is 1150. The Labute approximate surface area is 194 Å². The van der Waals surface area contributed by atoms with Crippen molar-refractivity contribution in [1.82, 2.24) is 9.97 Å². The number of rotatable bonds is 7. The summed E-state index contributed by atoms with van der Waals surface area (Å²) < 4.78 is 51.4. The summed E-state index contributed by atoms with van der Waals surface area (Å²) in [6.45, 7) is -0.0518. The summed E-state index contributed by atoms with van der Waals surface area (Å²) >= 11 is 6.45. The van der Waals surface area contributed by atoms with Gasteiger partial charge in [-0.25, -0.2) is 0 Å². The molecule has 0 unspecified atom stereocenters. The number of H-pyrrole nitrogens is 1. The van der Waals surface area contributed by atoms with E-state index >= 15 is 0 Å². The molecule has 0 atom stereocenters. The van der Waals surface area contributed by atoms with Crippen LogP contribution in [0.2, 0.25) is 5.02 Å². The van der Waals surface area contributed by atoms with Crippen molar-refractivity contribution in [2.75, 3.05) is 7.11 Å². The standard InChI is InChI=1S/C24H24ClF3N2O3/c1-32-21(31)9-8-20-22(25)17-11-16(6-7-19(17)30-20)33-13-14-10-18(24(26,27)28)23(29-12-14)15-4-2-3-5-15/h6-7,10-12,15,30H,2-5,8-9,13H2,1H3. The van der Waals surface area contributed by atoms with Gasteiger partial charge in [0.25, 0.3) is 0 Å². The molecule has 1 saturated carbocycles. The Hall–Kier alpha value is -2.74. The third kappa shape index (κ3) is 5.27. The number of nitrogens with zero attached hydrogens (tertiary/aromatic N) is 1. The molecule has 0 saturated heterocycles. The number of carbonyl (C=O) groups excluding carboxylic acids is 1. The third-order valence-electron chi connectivity index (χ3n) is 6.01. The predicted octanol–water partition coefficient (Wildman–Crippen LogP) is 6.58. The Morgan fingerprint density at radius 2 is 2.00 bits per heavy atom. The second kappa shape index (κ2) is 9.63. The Morgan fingerprint density at radius 3 is 2.70 bits per heavy atom. The van der Waals surface area contributed by atoms with Crippen LogP contribution >= 0.6 is 11.6 Å². The van der Waals surface area contributed by atoms with E-state index in [1.165, 1.54) is 13.3 Å². The van der Waals surface area contributed by atoms with Crippen molar-refractivity contribution in [3.63, 3.8) is 0 Å². The molecule has 3 aromatic rings. The topological polar surface area (TPSA) is 64.2 Å². The highest BCUT2D eigenvalue weighted by Crippen LogP contribution is 2.41. The van der Waals surface area contributed by atoms with Gasteiger partial charge in [0, 0.05) is 34.3 Å². The van der Waals surface area contributed by atoms with Crippen molar-refractivity contribution in [3.05, 3.63) is 58.0 Å². The number of hydrogen-bond donors (Lipinski definition) is 1. The fraction of sp³-hybridized carbons (Fsp3) is 0.417. The van der Waals surface area contributed by atoms with E-state index in [2.05, 4.69) is 14.7 Å². The molecule has 0 bridgehead atoms. The zero-order valence-electron chi connectivity index (χ0n) is 18.1. The Balaban J connectivity index is 1.51. The van der Waals surface area contributed by atoms with Gasteiger partial charge in [-0.15, -0.1) is 0 Å². The molecule has 2 heterocycles. The van der Waals surface area contributed by atoms with Crippen molar-refractivity contribution in [2.45, 2.75) is 57.2 Å². The number of carbonyl (C=O) groups is 1. The molecule has 2 aromatic heterocycles. The number of methoxy groups -OCH3 is 1. The number of benzene rings is 1. The number of aromatic nitrogens is 2. The number of fused-ring (bicyclic) bond motifs is 1. The number of pyridine rings is 1. The third-order valence-corrected chi connectivity index (χ3v) is 6.44. The Kier molecular flexibility index (Phi) is 6.83. The monoisotopic (exact) mass is 480 g/mol. The fourth-order valence-corrected chi connectivity index (χ4v) is 4.60. The van der Waals surface area contributed by atoms with Gasteiger partial charge in [0.2, 0.25) is 0 Å². The molecule has 1 fully saturated rings. The molecule has 4 rings (SSSR count). The number of halogens is 4.